The summed E-state index contributed by atoms with van der Waals surface area (Å²) in [6.45, 7) is 7.81. The van der Waals surface area contributed by atoms with Crippen LogP contribution in [0.4, 0.5) is 10.5 Å². The number of hydrogen-bond donors (Lipinski definition) is 1. The zero-order chi connectivity index (χ0) is 40.1. The number of hydrogen-bond acceptors (Lipinski definition) is 9. The lowest BCUT2D eigenvalue weighted by Crippen LogP contribution is -2.49. The molecule has 57 heavy (non-hydrogen) atoms. The number of nitrogens with zero attached hydrogens (tertiary/aromatic N) is 5. The molecule has 5 heterocycles. The first-order chi connectivity index (χ1) is 27.7. The van der Waals surface area contributed by atoms with Crippen LogP contribution < -0.4 is 30.0 Å². The fourth-order valence-corrected chi connectivity index (χ4v) is 8.41. The minimum Gasteiger partial charge on any atom is -0.493 e. The van der Waals surface area contributed by atoms with Crippen molar-refractivity contribution in [3.63, 3.8) is 0 Å². The molecule has 0 aliphatic carbocycles. The first-order valence-electron chi connectivity index (χ1n) is 20.0. The first kappa shape index (κ1) is 40.1. The second kappa shape index (κ2) is 18.0. The summed E-state index contributed by atoms with van der Waals surface area (Å²) in [7, 11) is 3.26. The Labute approximate surface area is 337 Å². The standard InChI is InChI=1S/C43H51ClN6O7/c1-4-5-15-49-26-34(32-8-14-45-24-33(32)42(49)53)31-22-37(55-2)40(38(23-31)56-3)57-27-29-9-16-47(17-10-29)25-28-11-18-48(19-12-28)41(52)30-6-7-35(44)36(21-30)50-20-13-39(51)46-43(50)54/h6-8,14,21-24,26,28-29H,4-5,9-13,15-20,25,27H2,1-3H3,(H,46,51,54). The molecule has 4 aromatic rings. The van der Waals surface area contributed by atoms with Gasteiger partial charge in [-0.15, -0.1) is 0 Å². The Balaban J connectivity index is 0.922. The van der Waals surface area contributed by atoms with Crippen molar-refractivity contribution in [1.29, 1.82) is 0 Å². The number of likely N-dealkylation sites (tertiary alicyclic amines) is 2. The van der Waals surface area contributed by atoms with E-state index in [0.717, 1.165) is 74.7 Å². The van der Waals surface area contributed by atoms with E-state index >= 15 is 0 Å². The molecule has 2 aromatic carbocycles. The van der Waals surface area contributed by atoms with Crippen LogP contribution in [-0.4, -0.2) is 97.3 Å². The summed E-state index contributed by atoms with van der Waals surface area (Å²) in [6.07, 6.45) is 11.2. The molecule has 3 saturated heterocycles. The maximum absolute atomic E-state index is 13.5. The zero-order valence-electron chi connectivity index (χ0n) is 32.9. The Morgan fingerprint density at radius 2 is 1.63 bits per heavy atom. The van der Waals surface area contributed by atoms with Crippen LogP contribution >= 0.6 is 11.6 Å². The van der Waals surface area contributed by atoms with Crippen molar-refractivity contribution in [2.75, 3.05) is 65.0 Å². The van der Waals surface area contributed by atoms with Gasteiger partial charge in [-0.1, -0.05) is 24.9 Å². The van der Waals surface area contributed by atoms with Gasteiger partial charge in [0.2, 0.25) is 11.7 Å². The van der Waals surface area contributed by atoms with Crippen molar-refractivity contribution >= 4 is 45.9 Å². The van der Waals surface area contributed by atoms with Gasteiger partial charge in [-0.25, -0.2) is 4.79 Å². The number of benzene rings is 2. The summed E-state index contributed by atoms with van der Waals surface area (Å²) in [6, 6.07) is 10.2. The van der Waals surface area contributed by atoms with E-state index < -0.39 is 6.03 Å². The van der Waals surface area contributed by atoms with Crippen molar-refractivity contribution < 1.29 is 28.6 Å². The average Bonchev–Trinajstić information content (AvgIpc) is 3.23. The number of carbonyl (C=O) groups is 3. The molecule has 3 fully saturated rings. The molecule has 0 atom stereocenters. The highest BCUT2D eigenvalue weighted by atomic mass is 35.5. The van der Waals surface area contributed by atoms with Crippen LogP contribution in [0.5, 0.6) is 17.2 Å². The van der Waals surface area contributed by atoms with E-state index in [1.807, 2.05) is 29.3 Å². The molecular weight excluding hydrogens is 748 g/mol. The van der Waals surface area contributed by atoms with E-state index in [-0.39, 0.29) is 30.3 Å². The number of methoxy groups -OCH3 is 2. The van der Waals surface area contributed by atoms with Gasteiger partial charge in [0.05, 0.1) is 36.9 Å². The molecule has 2 aromatic heterocycles. The van der Waals surface area contributed by atoms with Crippen molar-refractivity contribution in [3.05, 3.63) is 75.9 Å². The number of carbonyl (C=O) groups excluding carboxylic acids is 3. The zero-order valence-corrected chi connectivity index (χ0v) is 33.7. The minimum absolute atomic E-state index is 0.0456. The first-order valence-corrected chi connectivity index (χ1v) is 20.3. The number of halogens is 1. The second-order valence-corrected chi connectivity index (χ2v) is 15.6. The molecule has 3 aliphatic rings. The largest absolute Gasteiger partial charge is 0.493 e. The summed E-state index contributed by atoms with van der Waals surface area (Å²) in [5.41, 5.74) is 2.62. The van der Waals surface area contributed by atoms with Crippen LogP contribution in [0, 0.1) is 11.8 Å². The number of urea groups is 1. The van der Waals surface area contributed by atoms with Gasteiger partial charge in [-0.05, 0) is 104 Å². The number of unbranched alkanes of at least 4 members (excludes halogenated alkanes) is 1. The number of amides is 4. The maximum atomic E-state index is 13.5. The number of pyridine rings is 2. The summed E-state index contributed by atoms with van der Waals surface area (Å²) in [4.78, 5) is 60.9. The minimum atomic E-state index is -0.533. The quantitative estimate of drug-likeness (QED) is 0.158. The van der Waals surface area contributed by atoms with Crippen LogP contribution in [0.3, 0.4) is 0 Å². The Hall–Kier alpha value is -5.14. The molecular formula is C43H51ClN6O7. The molecule has 1 N–H and O–H groups in total. The van der Waals surface area contributed by atoms with E-state index in [0.29, 0.717) is 77.0 Å². The molecule has 0 spiro atoms. The average molecular weight is 799 g/mol. The molecule has 0 unspecified atom stereocenters. The Bertz CT molecular complexity index is 2150. The number of ether oxygens (including phenoxy) is 3. The molecule has 4 amide bonds. The molecule has 13 nitrogen and oxygen atoms in total. The lowest BCUT2D eigenvalue weighted by atomic mass is 9.93. The highest BCUT2D eigenvalue weighted by Gasteiger charge is 2.30. The Morgan fingerprint density at radius 3 is 2.32 bits per heavy atom. The predicted molar refractivity (Wildman–Crippen MR) is 220 cm³/mol. The normalized spacial score (nSPS) is 17.2. The Kier molecular flexibility index (Phi) is 12.6. The fraction of sp³-hybridized carbons (Fsp3) is 0.465. The van der Waals surface area contributed by atoms with Crippen molar-refractivity contribution in [3.8, 4) is 28.4 Å². The third-order valence-corrected chi connectivity index (χ3v) is 11.9. The van der Waals surface area contributed by atoms with Gasteiger partial charge in [0, 0.05) is 68.9 Å². The van der Waals surface area contributed by atoms with Gasteiger partial charge in [0.1, 0.15) is 0 Å². The fourth-order valence-electron chi connectivity index (χ4n) is 8.19. The molecule has 3 aliphatic heterocycles. The summed E-state index contributed by atoms with van der Waals surface area (Å²) < 4.78 is 20.0. The van der Waals surface area contributed by atoms with E-state index in [2.05, 4.69) is 22.1 Å². The highest BCUT2D eigenvalue weighted by molar-refractivity contribution is 6.34. The topological polar surface area (TPSA) is 136 Å². The van der Waals surface area contributed by atoms with E-state index in [4.69, 9.17) is 25.8 Å². The molecule has 14 heteroatoms. The van der Waals surface area contributed by atoms with Gasteiger partial charge in [0.15, 0.2) is 11.5 Å². The number of anilines is 1. The maximum Gasteiger partial charge on any atom is 0.328 e. The van der Waals surface area contributed by atoms with Gasteiger partial charge in [0.25, 0.3) is 11.5 Å². The third-order valence-electron chi connectivity index (χ3n) is 11.5. The van der Waals surface area contributed by atoms with Crippen molar-refractivity contribution in [1.82, 2.24) is 24.7 Å². The van der Waals surface area contributed by atoms with Crippen molar-refractivity contribution in [2.45, 2.75) is 58.4 Å². The van der Waals surface area contributed by atoms with Crippen LogP contribution in [0.1, 0.15) is 62.2 Å². The molecule has 7 rings (SSSR count). The highest BCUT2D eigenvalue weighted by Crippen LogP contribution is 2.43. The third kappa shape index (κ3) is 8.89. The lowest BCUT2D eigenvalue weighted by molar-refractivity contribution is -0.120. The van der Waals surface area contributed by atoms with Gasteiger partial charge < -0.3 is 28.6 Å². The van der Waals surface area contributed by atoms with E-state index in [9.17, 15) is 19.2 Å². The number of piperidine rings is 2. The smallest absolute Gasteiger partial charge is 0.328 e. The lowest BCUT2D eigenvalue weighted by Gasteiger charge is -2.37. The number of aryl methyl sites for hydroxylation is 1. The Morgan fingerprint density at radius 1 is 0.912 bits per heavy atom. The SMILES string of the molecule is CCCCn1cc(-c2cc(OC)c(OCC3CCN(CC4CCN(C(=O)c5ccc(Cl)c(N6CCC(=O)NC6=O)c5)CC4)CC3)c(OC)c2)c2ccncc2c1=O. The van der Waals surface area contributed by atoms with Gasteiger partial charge in [-0.3, -0.25) is 29.6 Å². The number of imide groups is 1. The van der Waals surface area contributed by atoms with Crippen LogP contribution in [0.2, 0.25) is 5.02 Å². The second-order valence-electron chi connectivity index (χ2n) is 15.2. The van der Waals surface area contributed by atoms with Gasteiger partial charge in [-0.2, -0.15) is 0 Å². The monoisotopic (exact) mass is 798 g/mol. The van der Waals surface area contributed by atoms with Crippen LogP contribution in [0.15, 0.2) is 59.8 Å². The predicted octanol–water partition coefficient (Wildman–Crippen LogP) is 6.62. The molecule has 302 valence electrons. The number of fused-ring (bicyclic) bond motifs is 1. The molecule has 0 bridgehead atoms. The van der Waals surface area contributed by atoms with E-state index in [1.54, 1.807) is 49.4 Å². The summed E-state index contributed by atoms with van der Waals surface area (Å²) in [5.74, 6) is 2.20. The van der Waals surface area contributed by atoms with Crippen LogP contribution in [0.25, 0.3) is 21.9 Å². The summed E-state index contributed by atoms with van der Waals surface area (Å²) >= 11 is 6.41. The van der Waals surface area contributed by atoms with Crippen molar-refractivity contribution in [2.24, 2.45) is 11.8 Å². The van der Waals surface area contributed by atoms with E-state index in [1.165, 1.54) is 4.90 Å². The van der Waals surface area contributed by atoms with Crippen LogP contribution in [-0.2, 0) is 11.3 Å². The number of nitrogens with one attached hydrogen (secondary N) is 1. The molecule has 0 saturated carbocycles. The number of aromatic nitrogens is 2. The summed E-state index contributed by atoms with van der Waals surface area (Å²) in [5, 5.41) is 4.07. The number of rotatable bonds is 13. The van der Waals surface area contributed by atoms with Gasteiger partial charge >= 0.3 is 6.03 Å². The molecule has 0 radical (unpaired) electrons.